The molecule has 1 spiro atoms. The second-order valence-corrected chi connectivity index (χ2v) is 9.09. The molecule has 6 rings (SSSR count). The van der Waals surface area contributed by atoms with Crippen molar-refractivity contribution in [1.29, 1.82) is 0 Å². The second kappa shape index (κ2) is 7.88. The zero-order chi connectivity index (χ0) is 22.4. The third-order valence-electron chi connectivity index (χ3n) is 7.08. The molecule has 0 saturated carbocycles. The van der Waals surface area contributed by atoms with E-state index in [2.05, 4.69) is 10.2 Å². The number of benzene rings is 2. The van der Waals surface area contributed by atoms with Crippen molar-refractivity contribution in [2.75, 3.05) is 33.1 Å². The van der Waals surface area contributed by atoms with E-state index in [1.165, 1.54) is 5.56 Å². The van der Waals surface area contributed by atoms with Gasteiger partial charge in [-0.2, -0.15) is 0 Å². The van der Waals surface area contributed by atoms with Gasteiger partial charge >= 0.3 is 0 Å². The fourth-order valence-corrected chi connectivity index (χ4v) is 5.15. The van der Waals surface area contributed by atoms with Crippen LogP contribution in [0.1, 0.15) is 40.6 Å². The molecule has 3 aliphatic heterocycles. The van der Waals surface area contributed by atoms with Crippen molar-refractivity contribution >= 4 is 5.91 Å². The number of carbonyl (C=O) groups excluding carboxylic acids is 1. The maximum absolute atomic E-state index is 13.4. The van der Waals surface area contributed by atoms with E-state index in [0.29, 0.717) is 55.1 Å². The van der Waals surface area contributed by atoms with E-state index >= 15 is 0 Å². The number of ether oxygens (including phenoxy) is 3. The lowest BCUT2D eigenvalue weighted by atomic mass is 9.72. The summed E-state index contributed by atoms with van der Waals surface area (Å²) in [5.41, 5.74) is 2.52. The van der Waals surface area contributed by atoms with Crippen molar-refractivity contribution in [2.24, 2.45) is 5.41 Å². The molecule has 170 valence electrons. The minimum atomic E-state index is -0.138. The van der Waals surface area contributed by atoms with Crippen LogP contribution in [0.25, 0.3) is 11.5 Å². The molecule has 0 aliphatic carbocycles. The maximum atomic E-state index is 13.4. The number of amides is 1. The Kier molecular flexibility index (Phi) is 4.83. The summed E-state index contributed by atoms with van der Waals surface area (Å²) in [5, 5.41) is 8.75. The molecule has 1 atom stereocenters. The predicted octanol–water partition coefficient (Wildman–Crippen LogP) is 3.81. The highest BCUT2D eigenvalue weighted by molar-refractivity contribution is 5.95. The van der Waals surface area contributed by atoms with Gasteiger partial charge in [-0.25, -0.2) is 0 Å². The summed E-state index contributed by atoms with van der Waals surface area (Å²) in [5.74, 6) is 2.31. The van der Waals surface area contributed by atoms with Crippen LogP contribution in [0.2, 0.25) is 0 Å². The molecule has 0 bridgehead atoms. The lowest BCUT2D eigenvalue weighted by Gasteiger charge is -2.36. The second-order valence-electron chi connectivity index (χ2n) is 9.09. The van der Waals surface area contributed by atoms with Crippen LogP contribution in [-0.2, 0) is 4.74 Å². The highest BCUT2D eigenvalue weighted by Crippen LogP contribution is 2.50. The SMILES string of the molecule is Cc1ccc(-c2nnc(C3CN(C(=O)c4ccc5c(c4)OCO5)CC34CCOCC4)o2)cc1. The summed E-state index contributed by atoms with van der Waals surface area (Å²) in [6.07, 6.45) is 1.70. The van der Waals surface area contributed by atoms with Crippen LogP contribution in [0.3, 0.4) is 0 Å². The Morgan fingerprint density at radius 2 is 1.82 bits per heavy atom. The van der Waals surface area contributed by atoms with Crippen molar-refractivity contribution < 1.29 is 23.4 Å². The average Bonchev–Trinajstić information content (AvgIpc) is 3.58. The zero-order valence-corrected chi connectivity index (χ0v) is 18.5. The Labute approximate surface area is 191 Å². The fraction of sp³-hybridized carbons (Fsp3) is 0.400. The van der Waals surface area contributed by atoms with E-state index in [0.717, 1.165) is 18.4 Å². The molecule has 2 aromatic carbocycles. The first-order valence-corrected chi connectivity index (χ1v) is 11.3. The smallest absolute Gasteiger partial charge is 0.254 e. The van der Waals surface area contributed by atoms with Gasteiger partial charge in [-0.1, -0.05) is 17.7 Å². The summed E-state index contributed by atoms with van der Waals surface area (Å²) in [7, 11) is 0. The Morgan fingerprint density at radius 1 is 1.03 bits per heavy atom. The van der Waals surface area contributed by atoms with Crippen molar-refractivity contribution in [3.8, 4) is 23.0 Å². The van der Waals surface area contributed by atoms with Gasteiger partial charge in [0.2, 0.25) is 18.6 Å². The first-order chi connectivity index (χ1) is 16.1. The largest absolute Gasteiger partial charge is 0.454 e. The Morgan fingerprint density at radius 3 is 2.64 bits per heavy atom. The highest BCUT2D eigenvalue weighted by atomic mass is 16.7. The molecule has 3 aromatic rings. The van der Waals surface area contributed by atoms with Crippen LogP contribution in [0, 0.1) is 12.3 Å². The monoisotopic (exact) mass is 447 g/mol. The van der Waals surface area contributed by atoms with Crippen molar-refractivity contribution in [2.45, 2.75) is 25.7 Å². The van der Waals surface area contributed by atoms with Gasteiger partial charge in [0.1, 0.15) is 0 Å². The van der Waals surface area contributed by atoms with Gasteiger partial charge < -0.3 is 23.5 Å². The summed E-state index contributed by atoms with van der Waals surface area (Å²) < 4.78 is 22.7. The quantitative estimate of drug-likeness (QED) is 0.603. The number of fused-ring (bicyclic) bond motifs is 1. The van der Waals surface area contributed by atoms with Crippen molar-refractivity contribution in [3.63, 3.8) is 0 Å². The topological polar surface area (TPSA) is 86.9 Å². The zero-order valence-electron chi connectivity index (χ0n) is 18.5. The van der Waals surface area contributed by atoms with Gasteiger partial charge in [-0.05, 0) is 50.1 Å². The van der Waals surface area contributed by atoms with Gasteiger partial charge in [0.25, 0.3) is 5.91 Å². The first kappa shape index (κ1) is 20.2. The van der Waals surface area contributed by atoms with Crippen LogP contribution in [0.4, 0.5) is 0 Å². The van der Waals surface area contributed by atoms with Crippen LogP contribution in [0.5, 0.6) is 11.5 Å². The average molecular weight is 447 g/mol. The predicted molar refractivity (Wildman–Crippen MR) is 118 cm³/mol. The van der Waals surface area contributed by atoms with Crippen LogP contribution >= 0.6 is 0 Å². The molecule has 4 heterocycles. The van der Waals surface area contributed by atoms with E-state index < -0.39 is 0 Å². The van der Waals surface area contributed by atoms with Crippen LogP contribution < -0.4 is 9.47 Å². The third-order valence-corrected chi connectivity index (χ3v) is 7.08. The standard InChI is InChI=1S/C25H25N3O5/c1-16-2-4-17(5-3-16)22-26-27-23(33-22)19-13-28(14-25(19)8-10-30-11-9-25)24(29)18-6-7-20-21(12-18)32-15-31-20/h2-7,12,19H,8-11,13-15H2,1H3. The summed E-state index contributed by atoms with van der Waals surface area (Å²) in [6, 6.07) is 13.4. The number of carbonyl (C=O) groups is 1. The van der Waals surface area contributed by atoms with Crippen molar-refractivity contribution in [1.82, 2.24) is 15.1 Å². The summed E-state index contributed by atoms with van der Waals surface area (Å²) in [4.78, 5) is 15.3. The number of aryl methyl sites for hydroxylation is 1. The molecule has 2 saturated heterocycles. The Balaban J connectivity index is 1.29. The number of hydrogen-bond acceptors (Lipinski definition) is 7. The molecule has 1 amide bonds. The van der Waals surface area contributed by atoms with E-state index in [4.69, 9.17) is 18.6 Å². The number of nitrogens with zero attached hydrogens (tertiary/aromatic N) is 3. The molecule has 0 N–H and O–H groups in total. The van der Waals surface area contributed by atoms with Crippen LogP contribution in [0.15, 0.2) is 46.9 Å². The fourth-order valence-electron chi connectivity index (χ4n) is 5.15. The molecule has 33 heavy (non-hydrogen) atoms. The normalized spacial score (nSPS) is 21.0. The van der Waals surface area contributed by atoms with E-state index in [1.807, 2.05) is 36.1 Å². The molecule has 2 fully saturated rings. The molecular formula is C25H25N3O5. The molecule has 8 heteroatoms. The lowest BCUT2D eigenvalue weighted by Crippen LogP contribution is -2.37. The summed E-state index contributed by atoms with van der Waals surface area (Å²) in [6.45, 7) is 4.73. The lowest BCUT2D eigenvalue weighted by molar-refractivity contribution is 0.00908. The van der Waals surface area contributed by atoms with E-state index in [9.17, 15) is 4.79 Å². The number of rotatable bonds is 3. The summed E-state index contributed by atoms with van der Waals surface area (Å²) >= 11 is 0. The van der Waals surface area contributed by atoms with E-state index in [1.54, 1.807) is 18.2 Å². The molecule has 1 unspecified atom stereocenters. The van der Waals surface area contributed by atoms with Crippen LogP contribution in [-0.4, -0.2) is 54.1 Å². The Bertz CT molecular complexity index is 1180. The maximum Gasteiger partial charge on any atom is 0.254 e. The van der Waals surface area contributed by atoms with E-state index in [-0.39, 0.29) is 24.0 Å². The molecule has 0 radical (unpaired) electrons. The first-order valence-electron chi connectivity index (χ1n) is 11.3. The van der Waals surface area contributed by atoms with Gasteiger partial charge in [0.05, 0.1) is 5.92 Å². The Hall–Kier alpha value is -3.39. The number of hydrogen-bond donors (Lipinski definition) is 0. The third kappa shape index (κ3) is 3.54. The van der Waals surface area contributed by atoms with Gasteiger partial charge in [-0.3, -0.25) is 4.79 Å². The molecule has 1 aromatic heterocycles. The van der Waals surface area contributed by atoms with Gasteiger partial charge in [0.15, 0.2) is 11.5 Å². The number of aromatic nitrogens is 2. The number of likely N-dealkylation sites (tertiary alicyclic amines) is 1. The van der Waals surface area contributed by atoms with Gasteiger partial charge in [0, 0.05) is 42.8 Å². The minimum absolute atomic E-state index is 0.0278. The molecule has 3 aliphatic rings. The van der Waals surface area contributed by atoms with Crippen molar-refractivity contribution in [3.05, 3.63) is 59.5 Å². The highest BCUT2D eigenvalue weighted by Gasteiger charge is 2.51. The minimum Gasteiger partial charge on any atom is -0.454 e. The molecular weight excluding hydrogens is 422 g/mol. The molecule has 8 nitrogen and oxygen atoms in total. The van der Waals surface area contributed by atoms with Gasteiger partial charge in [-0.15, -0.1) is 10.2 Å².